The molecular weight excluding hydrogens is 426 g/mol. The van der Waals surface area contributed by atoms with E-state index < -0.39 is 0 Å². The minimum absolute atomic E-state index is 0.218. The summed E-state index contributed by atoms with van der Waals surface area (Å²) in [6.07, 6.45) is 0. The molecule has 0 spiro atoms. The fourth-order valence-corrected chi connectivity index (χ4v) is 4.67. The van der Waals surface area contributed by atoms with E-state index in [1.54, 1.807) is 7.05 Å². The third-order valence-corrected chi connectivity index (χ3v) is 6.57. The second kappa shape index (κ2) is 7.67. The van der Waals surface area contributed by atoms with Crippen LogP contribution in [0.15, 0.2) is 58.1 Å². The van der Waals surface area contributed by atoms with Crippen LogP contribution in [0.1, 0.15) is 18.1 Å². The number of hydrogen-bond acceptors (Lipinski definition) is 4. The summed E-state index contributed by atoms with van der Waals surface area (Å²) in [4.78, 5) is 33.5. The van der Waals surface area contributed by atoms with Gasteiger partial charge in [-0.05, 0) is 36.1 Å². The molecule has 5 rings (SSSR count). The SMILES string of the molecule is Cc1c(Cl)cccc1N1CC(C)Cn2c1nc1c2c(=O)n(Cc2ccccc2)c(=O)n1C. The van der Waals surface area contributed by atoms with Crippen LogP contribution < -0.4 is 16.1 Å². The number of nitrogens with zero attached hydrogens (tertiary/aromatic N) is 5. The number of imidazole rings is 1. The third-order valence-electron chi connectivity index (χ3n) is 6.16. The van der Waals surface area contributed by atoms with Gasteiger partial charge in [-0.1, -0.05) is 54.9 Å². The molecule has 0 N–H and O–H groups in total. The largest absolute Gasteiger partial charge is 0.332 e. The Morgan fingerprint density at radius 1 is 1.06 bits per heavy atom. The van der Waals surface area contributed by atoms with E-state index in [2.05, 4.69) is 11.8 Å². The van der Waals surface area contributed by atoms with Gasteiger partial charge in [-0.3, -0.25) is 13.9 Å². The van der Waals surface area contributed by atoms with Gasteiger partial charge in [-0.2, -0.15) is 4.98 Å². The molecule has 2 aromatic heterocycles. The van der Waals surface area contributed by atoms with Crippen molar-refractivity contribution in [3.63, 3.8) is 0 Å². The Labute approximate surface area is 190 Å². The number of benzene rings is 2. The van der Waals surface area contributed by atoms with Crippen molar-refractivity contribution in [2.45, 2.75) is 26.9 Å². The van der Waals surface area contributed by atoms with Crippen molar-refractivity contribution in [2.24, 2.45) is 13.0 Å². The van der Waals surface area contributed by atoms with Gasteiger partial charge in [0.05, 0.1) is 6.54 Å². The molecule has 0 bridgehead atoms. The predicted molar refractivity (Wildman–Crippen MR) is 127 cm³/mol. The van der Waals surface area contributed by atoms with E-state index in [9.17, 15) is 9.59 Å². The van der Waals surface area contributed by atoms with Crippen LogP contribution in [0, 0.1) is 12.8 Å². The maximum atomic E-state index is 13.6. The molecule has 7 nitrogen and oxygen atoms in total. The number of rotatable bonds is 3. The highest BCUT2D eigenvalue weighted by molar-refractivity contribution is 6.31. The fourth-order valence-electron chi connectivity index (χ4n) is 4.50. The van der Waals surface area contributed by atoms with E-state index in [0.717, 1.165) is 23.4 Å². The maximum Gasteiger partial charge on any atom is 0.332 e. The Morgan fingerprint density at radius 3 is 2.56 bits per heavy atom. The molecule has 8 heteroatoms. The number of hydrogen-bond donors (Lipinski definition) is 0. The first-order valence-corrected chi connectivity index (χ1v) is 11.0. The second-order valence-corrected chi connectivity index (χ2v) is 8.92. The molecule has 164 valence electrons. The molecular formula is C24H24ClN5O2. The zero-order valence-corrected chi connectivity index (χ0v) is 19.0. The normalized spacial score (nSPS) is 15.9. The molecule has 1 aliphatic heterocycles. The number of aromatic nitrogens is 4. The van der Waals surface area contributed by atoms with Gasteiger partial charge in [0, 0.05) is 30.8 Å². The van der Waals surface area contributed by atoms with Crippen LogP contribution in [0.3, 0.4) is 0 Å². The predicted octanol–water partition coefficient (Wildman–Crippen LogP) is 3.69. The Kier molecular flexibility index (Phi) is 4.93. The highest BCUT2D eigenvalue weighted by Crippen LogP contribution is 2.36. The fraction of sp³-hybridized carbons (Fsp3) is 0.292. The van der Waals surface area contributed by atoms with Crippen LogP contribution in [0.5, 0.6) is 0 Å². The Balaban J connectivity index is 1.75. The van der Waals surface area contributed by atoms with Crippen molar-refractivity contribution in [3.8, 4) is 0 Å². The topological polar surface area (TPSA) is 65.1 Å². The van der Waals surface area contributed by atoms with Gasteiger partial charge in [0.2, 0.25) is 5.95 Å². The molecule has 1 atom stereocenters. The average molecular weight is 450 g/mol. The summed E-state index contributed by atoms with van der Waals surface area (Å²) < 4.78 is 4.71. The van der Waals surface area contributed by atoms with Crippen molar-refractivity contribution >= 4 is 34.4 Å². The first-order valence-electron chi connectivity index (χ1n) is 10.6. The van der Waals surface area contributed by atoms with E-state index in [1.807, 2.05) is 60.0 Å². The number of halogens is 1. The van der Waals surface area contributed by atoms with Crippen LogP contribution in [-0.4, -0.2) is 25.2 Å². The summed E-state index contributed by atoms with van der Waals surface area (Å²) in [7, 11) is 1.67. The number of aryl methyl sites for hydroxylation is 1. The average Bonchev–Trinajstić information content (AvgIpc) is 3.17. The monoisotopic (exact) mass is 449 g/mol. The molecule has 3 heterocycles. The summed E-state index contributed by atoms with van der Waals surface area (Å²) in [5.41, 5.74) is 2.97. The van der Waals surface area contributed by atoms with Gasteiger partial charge < -0.3 is 9.47 Å². The molecule has 1 aliphatic rings. The molecule has 4 aromatic rings. The zero-order chi connectivity index (χ0) is 22.6. The molecule has 0 radical (unpaired) electrons. The maximum absolute atomic E-state index is 13.6. The molecule has 0 fully saturated rings. The minimum atomic E-state index is -0.375. The summed E-state index contributed by atoms with van der Waals surface area (Å²) in [6.45, 7) is 5.74. The van der Waals surface area contributed by atoms with Crippen molar-refractivity contribution in [2.75, 3.05) is 11.4 Å². The van der Waals surface area contributed by atoms with E-state index in [1.165, 1.54) is 9.13 Å². The van der Waals surface area contributed by atoms with Crippen LogP contribution in [0.2, 0.25) is 5.02 Å². The van der Waals surface area contributed by atoms with Crippen molar-refractivity contribution in [3.05, 3.63) is 85.5 Å². The van der Waals surface area contributed by atoms with Crippen LogP contribution in [-0.2, 0) is 20.1 Å². The molecule has 1 unspecified atom stereocenters. The van der Waals surface area contributed by atoms with Crippen LogP contribution >= 0.6 is 11.6 Å². The minimum Gasteiger partial charge on any atom is -0.311 e. The summed E-state index contributed by atoms with van der Waals surface area (Å²) in [5, 5.41) is 0.681. The number of fused-ring (bicyclic) bond motifs is 3. The van der Waals surface area contributed by atoms with Crippen molar-refractivity contribution < 1.29 is 0 Å². The highest BCUT2D eigenvalue weighted by atomic mass is 35.5. The van der Waals surface area contributed by atoms with Gasteiger partial charge in [-0.25, -0.2) is 4.79 Å². The van der Waals surface area contributed by atoms with Gasteiger partial charge in [0.1, 0.15) is 0 Å². The van der Waals surface area contributed by atoms with Gasteiger partial charge >= 0.3 is 5.69 Å². The second-order valence-electron chi connectivity index (χ2n) is 8.51. The lowest BCUT2D eigenvalue weighted by molar-refractivity contribution is 0.457. The lowest BCUT2D eigenvalue weighted by atomic mass is 10.1. The van der Waals surface area contributed by atoms with Crippen molar-refractivity contribution in [1.82, 2.24) is 18.7 Å². The van der Waals surface area contributed by atoms with Gasteiger partial charge in [-0.15, -0.1) is 0 Å². The Hall–Kier alpha value is -3.32. The van der Waals surface area contributed by atoms with Crippen LogP contribution in [0.4, 0.5) is 11.6 Å². The summed E-state index contributed by atoms with van der Waals surface area (Å²) in [6, 6.07) is 15.3. The van der Waals surface area contributed by atoms with E-state index in [-0.39, 0.29) is 23.7 Å². The van der Waals surface area contributed by atoms with E-state index in [0.29, 0.717) is 28.7 Å². The van der Waals surface area contributed by atoms with Crippen molar-refractivity contribution in [1.29, 1.82) is 0 Å². The Bertz CT molecular complexity index is 1450. The summed E-state index contributed by atoms with van der Waals surface area (Å²) >= 11 is 6.39. The van der Waals surface area contributed by atoms with Crippen LogP contribution in [0.25, 0.3) is 11.2 Å². The lowest BCUT2D eigenvalue weighted by Gasteiger charge is -2.34. The van der Waals surface area contributed by atoms with E-state index in [4.69, 9.17) is 16.6 Å². The smallest absolute Gasteiger partial charge is 0.311 e. The quantitative estimate of drug-likeness (QED) is 0.478. The molecule has 0 amide bonds. The molecule has 0 saturated heterocycles. The lowest BCUT2D eigenvalue weighted by Crippen LogP contribution is -2.40. The zero-order valence-electron chi connectivity index (χ0n) is 18.2. The van der Waals surface area contributed by atoms with E-state index >= 15 is 0 Å². The third kappa shape index (κ3) is 3.15. The van der Waals surface area contributed by atoms with Gasteiger partial charge in [0.15, 0.2) is 11.2 Å². The molecule has 0 aliphatic carbocycles. The first kappa shape index (κ1) is 20.6. The molecule has 0 saturated carbocycles. The summed E-state index contributed by atoms with van der Waals surface area (Å²) in [5.74, 6) is 0.936. The Morgan fingerprint density at radius 2 is 1.81 bits per heavy atom. The molecule has 2 aromatic carbocycles. The highest BCUT2D eigenvalue weighted by Gasteiger charge is 2.30. The van der Waals surface area contributed by atoms with Gasteiger partial charge in [0.25, 0.3) is 5.56 Å². The standard InChI is InChI=1S/C24H24ClN5O2/c1-15-12-28(19-11-7-10-18(25)16(19)2)23-26-21-20(29(23)13-15)22(31)30(24(32)27(21)3)14-17-8-5-4-6-9-17/h4-11,15H,12-14H2,1-3H3. The number of anilines is 2. The molecule has 32 heavy (non-hydrogen) atoms. The first-order chi connectivity index (χ1) is 15.4.